The minimum absolute atomic E-state index is 0.0436. The number of benzene rings is 1. The third-order valence-corrected chi connectivity index (χ3v) is 5.73. The van der Waals surface area contributed by atoms with E-state index in [4.69, 9.17) is 4.74 Å². The van der Waals surface area contributed by atoms with Crippen LogP contribution in [0.25, 0.3) is 27.9 Å². The topological polar surface area (TPSA) is 100 Å². The van der Waals surface area contributed by atoms with Crippen molar-refractivity contribution in [1.82, 2.24) is 25.2 Å². The van der Waals surface area contributed by atoms with E-state index in [0.717, 1.165) is 16.7 Å². The summed E-state index contributed by atoms with van der Waals surface area (Å²) in [7, 11) is 1.53. The van der Waals surface area contributed by atoms with Crippen LogP contribution in [0.5, 0.6) is 5.75 Å². The summed E-state index contributed by atoms with van der Waals surface area (Å²) in [6.45, 7) is 1.05. The van der Waals surface area contributed by atoms with Gasteiger partial charge in [-0.1, -0.05) is 6.08 Å². The predicted molar refractivity (Wildman–Crippen MR) is 112 cm³/mol. The zero-order valence-electron chi connectivity index (χ0n) is 16.8. The number of carbonyl (C=O) groups is 2. The molecule has 2 aromatic heterocycles. The van der Waals surface area contributed by atoms with E-state index in [0.29, 0.717) is 42.2 Å². The molecular formula is C22H20FN5O3. The number of aromatic amines is 1. The Balaban J connectivity index is 1.44. The molecule has 8 nitrogen and oxygen atoms in total. The number of rotatable bonds is 4. The fourth-order valence-corrected chi connectivity index (χ4v) is 4.03. The molecule has 2 N–H and O–H groups in total. The van der Waals surface area contributed by atoms with Crippen LogP contribution in [-0.2, 0) is 9.59 Å². The van der Waals surface area contributed by atoms with Gasteiger partial charge in [0.1, 0.15) is 29.6 Å². The molecule has 2 aliphatic heterocycles. The number of aromatic nitrogens is 3. The molecule has 1 fully saturated rings. The molecule has 0 bridgehead atoms. The van der Waals surface area contributed by atoms with Crippen LogP contribution in [0.4, 0.5) is 4.39 Å². The molecule has 0 aliphatic carbocycles. The van der Waals surface area contributed by atoms with Crippen molar-refractivity contribution < 1.29 is 18.7 Å². The van der Waals surface area contributed by atoms with Gasteiger partial charge in [-0.2, -0.15) is 0 Å². The monoisotopic (exact) mass is 421 g/mol. The molecule has 0 radical (unpaired) electrons. The molecule has 2 amide bonds. The third kappa shape index (κ3) is 3.41. The van der Waals surface area contributed by atoms with Gasteiger partial charge in [-0.3, -0.25) is 9.59 Å². The lowest BCUT2D eigenvalue weighted by molar-refractivity contribution is -0.143. The van der Waals surface area contributed by atoms with Crippen LogP contribution in [0.2, 0.25) is 0 Å². The number of methoxy groups -OCH3 is 1. The smallest absolute Gasteiger partial charge is 0.245 e. The number of nitrogens with one attached hydrogen (secondary N) is 2. The molecule has 0 spiro atoms. The molecule has 3 aromatic rings. The van der Waals surface area contributed by atoms with Gasteiger partial charge in [0, 0.05) is 29.7 Å². The van der Waals surface area contributed by atoms with E-state index in [1.165, 1.54) is 25.6 Å². The number of ether oxygens (including phenoxy) is 1. The second-order valence-corrected chi connectivity index (χ2v) is 7.60. The molecule has 1 unspecified atom stereocenters. The first-order chi connectivity index (χ1) is 15.0. The van der Waals surface area contributed by atoms with Crippen LogP contribution >= 0.6 is 0 Å². The maximum absolute atomic E-state index is 13.9. The number of H-pyrrole nitrogens is 1. The van der Waals surface area contributed by atoms with E-state index in [9.17, 15) is 14.0 Å². The van der Waals surface area contributed by atoms with Crippen LogP contribution < -0.4 is 10.1 Å². The first kappa shape index (κ1) is 19.2. The van der Waals surface area contributed by atoms with Crippen molar-refractivity contribution >= 4 is 28.4 Å². The molecule has 1 atom stereocenters. The van der Waals surface area contributed by atoms with Crippen LogP contribution in [0.15, 0.2) is 36.7 Å². The summed E-state index contributed by atoms with van der Waals surface area (Å²) in [5, 5.41) is 3.39. The number of hydrogen-bond donors (Lipinski definition) is 2. The average molecular weight is 421 g/mol. The normalized spacial score (nSPS) is 18.4. The quantitative estimate of drug-likeness (QED) is 0.630. The van der Waals surface area contributed by atoms with Crippen molar-refractivity contribution in [3.8, 4) is 17.0 Å². The Morgan fingerprint density at radius 3 is 2.84 bits per heavy atom. The van der Waals surface area contributed by atoms with E-state index in [1.807, 2.05) is 12.1 Å². The Kier molecular flexibility index (Phi) is 4.65. The van der Waals surface area contributed by atoms with E-state index in [2.05, 4.69) is 20.3 Å². The number of hydrogen-bond acceptors (Lipinski definition) is 5. The van der Waals surface area contributed by atoms with Crippen LogP contribution in [0.3, 0.4) is 0 Å². The van der Waals surface area contributed by atoms with E-state index >= 15 is 0 Å². The van der Waals surface area contributed by atoms with Gasteiger partial charge in [-0.25, -0.2) is 14.4 Å². The number of nitrogens with zero attached hydrogens (tertiary/aromatic N) is 3. The Morgan fingerprint density at radius 2 is 2.13 bits per heavy atom. The Bertz CT molecular complexity index is 1230. The first-order valence-corrected chi connectivity index (χ1v) is 9.98. The van der Waals surface area contributed by atoms with Crippen LogP contribution in [0.1, 0.15) is 18.5 Å². The summed E-state index contributed by atoms with van der Waals surface area (Å²) >= 11 is 0. The summed E-state index contributed by atoms with van der Waals surface area (Å²) in [5.74, 6) is 0.0217. The fraction of sp³-hybridized carbons (Fsp3) is 0.273. The van der Waals surface area contributed by atoms with Crippen LogP contribution in [-0.4, -0.2) is 57.9 Å². The highest BCUT2D eigenvalue weighted by molar-refractivity contribution is 5.98. The number of fused-ring (bicyclic) bond motifs is 1. The van der Waals surface area contributed by atoms with Gasteiger partial charge >= 0.3 is 0 Å². The molecule has 1 saturated heterocycles. The van der Waals surface area contributed by atoms with Gasteiger partial charge in [-0.05, 0) is 36.3 Å². The molecule has 31 heavy (non-hydrogen) atoms. The standard InChI is InChI=1S/C22H20FN5O3/c1-31-18-3-2-13(23)8-14(18)20-15-9-16(27-21(15)25-11-24-20)12-4-6-28(7-5-12)22(30)17-10-19(29)26-17/h2-4,8-9,11,17H,5-7,10H2,1H3,(H,26,29)(H,24,25,27). The van der Waals surface area contributed by atoms with Gasteiger partial charge in [0.05, 0.1) is 19.2 Å². The highest BCUT2D eigenvalue weighted by Gasteiger charge is 2.35. The average Bonchev–Trinajstić information content (AvgIpc) is 3.21. The van der Waals surface area contributed by atoms with Crippen molar-refractivity contribution in [2.45, 2.75) is 18.9 Å². The summed E-state index contributed by atoms with van der Waals surface area (Å²) in [5.41, 5.74) is 3.73. The van der Waals surface area contributed by atoms with Gasteiger partial charge in [0.2, 0.25) is 11.8 Å². The van der Waals surface area contributed by atoms with Crippen LogP contribution in [0, 0.1) is 5.82 Å². The van der Waals surface area contributed by atoms with Gasteiger partial charge in [-0.15, -0.1) is 0 Å². The number of amides is 2. The van der Waals surface area contributed by atoms with Crippen molar-refractivity contribution in [3.05, 3.63) is 48.2 Å². The fourth-order valence-electron chi connectivity index (χ4n) is 4.03. The molecule has 0 saturated carbocycles. The van der Waals surface area contributed by atoms with Crippen molar-refractivity contribution in [3.63, 3.8) is 0 Å². The summed E-state index contributed by atoms with van der Waals surface area (Å²) < 4.78 is 19.3. The van der Waals surface area contributed by atoms with Gasteiger partial charge in [0.25, 0.3) is 0 Å². The number of halogens is 1. The van der Waals surface area contributed by atoms with Gasteiger partial charge in [0.15, 0.2) is 0 Å². The van der Waals surface area contributed by atoms with Gasteiger partial charge < -0.3 is 19.9 Å². The summed E-state index contributed by atoms with van der Waals surface area (Å²) in [4.78, 5) is 37.2. The highest BCUT2D eigenvalue weighted by atomic mass is 19.1. The molecule has 1 aromatic carbocycles. The van der Waals surface area contributed by atoms with Crippen molar-refractivity contribution in [2.75, 3.05) is 20.2 Å². The predicted octanol–water partition coefficient (Wildman–Crippen LogP) is 2.28. The first-order valence-electron chi connectivity index (χ1n) is 9.98. The molecule has 158 valence electrons. The molecule has 9 heteroatoms. The number of β-lactam (4-membered cyclic amide) rings is 1. The van der Waals surface area contributed by atoms with E-state index in [1.54, 1.807) is 11.0 Å². The lowest BCUT2D eigenvalue weighted by Crippen LogP contribution is -2.58. The Morgan fingerprint density at radius 1 is 1.29 bits per heavy atom. The summed E-state index contributed by atoms with van der Waals surface area (Å²) in [6.07, 6.45) is 4.37. The summed E-state index contributed by atoms with van der Waals surface area (Å²) in [6, 6.07) is 5.87. The maximum Gasteiger partial charge on any atom is 0.245 e. The highest BCUT2D eigenvalue weighted by Crippen LogP contribution is 2.35. The second kappa shape index (κ2) is 7.50. The zero-order chi connectivity index (χ0) is 21.5. The number of carbonyl (C=O) groups excluding carboxylic acids is 2. The van der Waals surface area contributed by atoms with E-state index < -0.39 is 6.04 Å². The minimum atomic E-state index is -0.394. The Hall–Kier alpha value is -3.75. The molecule has 4 heterocycles. The van der Waals surface area contributed by atoms with Crippen molar-refractivity contribution in [1.29, 1.82) is 0 Å². The largest absolute Gasteiger partial charge is 0.496 e. The maximum atomic E-state index is 13.9. The molecule has 2 aliphatic rings. The second-order valence-electron chi connectivity index (χ2n) is 7.60. The molecule has 5 rings (SSSR count). The lowest BCUT2D eigenvalue weighted by atomic mass is 10.0. The Labute approximate surface area is 177 Å². The molecular weight excluding hydrogens is 401 g/mol. The lowest BCUT2D eigenvalue weighted by Gasteiger charge is -2.33. The van der Waals surface area contributed by atoms with Crippen molar-refractivity contribution in [2.24, 2.45) is 0 Å². The van der Waals surface area contributed by atoms with E-state index in [-0.39, 0.29) is 24.1 Å². The zero-order valence-corrected chi connectivity index (χ0v) is 16.8. The third-order valence-electron chi connectivity index (χ3n) is 5.73. The SMILES string of the molecule is COc1ccc(F)cc1-c1ncnc2[nH]c(C3=CCN(C(=O)C4CC(=O)N4)CC3)cc12. The minimum Gasteiger partial charge on any atom is -0.496 e.